The summed E-state index contributed by atoms with van der Waals surface area (Å²) in [6.07, 6.45) is 0.667. The molecule has 1 atom stereocenters. The van der Waals surface area contributed by atoms with E-state index in [0.717, 1.165) is 30.8 Å². The molecule has 1 N–H and O–H groups in total. The number of aryl methyl sites for hydroxylation is 1. The summed E-state index contributed by atoms with van der Waals surface area (Å²) >= 11 is 0. The predicted molar refractivity (Wildman–Crippen MR) is 176 cm³/mol. The Morgan fingerprint density at radius 3 is 2.37 bits per heavy atom. The zero-order valence-corrected chi connectivity index (χ0v) is 27.2. The molecular weight excluding hydrogens is 584 g/mol. The molecule has 0 bridgehead atoms. The number of hydrogen-bond acceptors (Lipinski definition) is 8. The first-order valence-corrected chi connectivity index (χ1v) is 15.9. The van der Waals surface area contributed by atoms with Gasteiger partial charge in [0, 0.05) is 31.7 Å². The van der Waals surface area contributed by atoms with E-state index in [0.29, 0.717) is 73.7 Å². The second kappa shape index (κ2) is 15.3. The highest BCUT2D eigenvalue weighted by molar-refractivity contribution is 6.46. The molecule has 9 nitrogen and oxygen atoms in total. The minimum atomic E-state index is -0.807. The Labute approximate surface area is 271 Å². The molecule has 9 heteroatoms. The Morgan fingerprint density at radius 2 is 1.67 bits per heavy atom. The molecule has 2 heterocycles. The van der Waals surface area contributed by atoms with Gasteiger partial charge in [-0.3, -0.25) is 14.5 Å². The number of aliphatic hydroxyl groups excluding tert-OH is 1. The highest BCUT2D eigenvalue weighted by atomic mass is 16.5. The second-order valence-corrected chi connectivity index (χ2v) is 12.2. The summed E-state index contributed by atoms with van der Waals surface area (Å²) in [5, 5.41) is 11.7. The fourth-order valence-corrected chi connectivity index (χ4v) is 5.83. The molecule has 244 valence electrons. The van der Waals surface area contributed by atoms with E-state index in [-0.39, 0.29) is 11.3 Å². The maximum absolute atomic E-state index is 13.7. The minimum Gasteiger partial charge on any atom is -0.507 e. The molecule has 0 aromatic heterocycles. The molecule has 0 radical (unpaired) electrons. The lowest BCUT2D eigenvalue weighted by molar-refractivity contribution is -0.140. The van der Waals surface area contributed by atoms with Gasteiger partial charge in [-0.2, -0.15) is 0 Å². The molecule has 1 amide bonds. The van der Waals surface area contributed by atoms with Crippen molar-refractivity contribution in [1.29, 1.82) is 0 Å². The number of morpholine rings is 1. The number of nitrogens with zero attached hydrogens (tertiary/aromatic N) is 2. The zero-order chi connectivity index (χ0) is 32.6. The summed E-state index contributed by atoms with van der Waals surface area (Å²) in [4.78, 5) is 31.1. The molecule has 2 fully saturated rings. The van der Waals surface area contributed by atoms with E-state index in [1.165, 1.54) is 0 Å². The summed E-state index contributed by atoms with van der Waals surface area (Å²) in [5.74, 6) is 0.503. The van der Waals surface area contributed by atoms with Gasteiger partial charge in [0.15, 0.2) is 11.5 Å². The molecule has 0 aliphatic carbocycles. The van der Waals surface area contributed by atoms with Gasteiger partial charge in [0.2, 0.25) is 0 Å². The Hall–Kier alpha value is -4.34. The van der Waals surface area contributed by atoms with Gasteiger partial charge >= 0.3 is 0 Å². The van der Waals surface area contributed by atoms with Crippen LogP contribution in [-0.4, -0.2) is 79.7 Å². The second-order valence-electron chi connectivity index (χ2n) is 12.2. The van der Waals surface area contributed by atoms with Crippen LogP contribution in [0.3, 0.4) is 0 Å². The number of benzene rings is 3. The lowest BCUT2D eigenvalue weighted by Gasteiger charge is -2.29. The molecule has 3 aromatic carbocycles. The number of carbonyl (C=O) groups is 2. The number of carbonyl (C=O) groups excluding carboxylic acids is 2. The fraction of sp³-hybridized carbons (Fsp3) is 0.405. The van der Waals surface area contributed by atoms with Gasteiger partial charge in [0.25, 0.3) is 11.7 Å². The highest BCUT2D eigenvalue weighted by Crippen LogP contribution is 2.42. The van der Waals surface area contributed by atoms with E-state index >= 15 is 0 Å². The van der Waals surface area contributed by atoms with E-state index in [2.05, 4.69) is 18.7 Å². The predicted octanol–water partition coefficient (Wildman–Crippen LogP) is 5.76. The van der Waals surface area contributed by atoms with Crippen LogP contribution in [0.5, 0.6) is 17.2 Å². The average Bonchev–Trinajstić information content (AvgIpc) is 3.32. The molecule has 46 heavy (non-hydrogen) atoms. The number of hydrogen-bond donors (Lipinski definition) is 1. The third-order valence-corrected chi connectivity index (χ3v) is 8.28. The monoisotopic (exact) mass is 628 g/mol. The SMILES string of the molecule is COc1cc(C2/C(=C(\O)c3ccc(OCC(C)C)c(C)c3)C(=O)C(=O)N2CCCN2CCOCC2)ccc1OCc1ccccc1. The van der Waals surface area contributed by atoms with E-state index in [4.69, 9.17) is 18.9 Å². The summed E-state index contributed by atoms with van der Waals surface area (Å²) in [6.45, 7) is 11.1. The maximum atomic E-state index is 13.7. The van der Waals surface area contributed by atoms with Gasteiger partial charge in [-0.15, -0.1) is 0 Å². The van der Waals surface area contributed by atoms with Gasteiger partial charge in [-0.25, -0.2) is 0 Å². The van der Waals surface area contributed by atoms with Gasteiger partial charge in [0.1, 0.15) is 18.1 Å². The molecule has 3 aromatic rings. The van der Waals surface area contributed by atoms with Crippen LogP contribution in [0, 0.1) is 12.8 Å². The van der Waals surface area contributed by atoms with Gasteiger partial charge in [-0.05, 0) is 66.3 Å². The number of methoxy groups -OCH3 is 1. The molecule has 2 aliphatic rings. The Kier molecular flexibility index (Phi) is 11.0. The van der Waals surface area contributed by atoms with Crippen LogP contribution in [0.4, 0.5) is 0 Å². The Bertz CT molecular complexity index is 1550. The molecule has 2 aliphatic heterocycles. The number of aliphatic hydroxyl groups is 1. The summed E-state index contributed by atoms with van der Waals surface area (Å²) < 4.78 is 23.2. The highest BCUT2D eigenvalue weighted by Gasteiger charge is 2.46. The standard InChI is InChI=1S/C37H44N2O7/c1-25(2)23-45-30-13-12-29(21-26(30)3)35(40)33-34(39(37(42)36(33)41)16-8-15-38-17-19-44-20-18-38)28-11-14-31(32(22-28)43-4)46-24-27-9-6-5-7-10-27/h5-7,9-14,21-22,25,34,40H,8,15-20,23-24H2,1-4H3/b35-33+. The first-order chi connectivity index (χ1) is 22.3. The normalized spacial score (nSPS) is 18.3. The lowest BCUT2D eigenvalue weighted by Crippen LogP contribution is -2.39. The van der Waals surface area contributed by atoms with E-state index in [1.807, 2.05) is 43.3 Å². The lowest BCUT2D eigenvalue weighted by atomic mass is 9.94. The molecule has 0 spiro atoms. The van der Waals surface area contributed by atoms with Gasteiger partial charge < -0.3 is 29.0 Å². The van der Waals surface area contributed by atoms with E-state index < -0.39 is 17.7 Å². The Morgan fingerprint density at radius 1 is 0.935 bits per heavy atom. The van der Waals surface area contributed by atoms with Crippen molar-refractivity contribution in [2.45, 2.75) is 39.8 Å². The largest absolute Gasteiger partial charge is 0.507 e. The van der Waals surface area contributed by atoms with Crippen molar-refractivity contribution >= 4 is 17.4 Å². The average molecular weight is 629 g/mol. The third-order valence-electron chi connectivity index (χ3n) is 8.28. The van der Waals surface area contributed by atoms with Gasteiger partial charge in [-0.1, -0.05) is 50.2 Å². The van der Waals surface area contributed by atoms with Crippen molar-refractivity contribution in [2.24, 2.45) is 5.92 Å². The van der Waals surface area contributed by atoms with Crippen LogP contribution < -0.4 is 14.2 Å². The number of rotatable bonds is 13. The van der Waals surface area contributed by atoms with Crippen molar-refractivity contribution in [3.8, 4) is 17.2 Å². The van der Waals surface area contributed by atoms with Crippen molar-refractivity contribution in [1.82, 2.24) is 9.80 Å². The third kappa shape index (κ3) is 7.71. The van der Waals surface area contributed by atoms with Crippen LogP contribution in [0.1, 0.15) is 48.6 Å². The van der Waals surface area contributed by atoms with E-state index in [9.17, 15) is 14.7 Å². The summed E-state index contributed by atoms with van der Waals surface area (Å²) in [7, 11) is 1.56. The van der Waals surface area contributed by atoms with E-state index in [1.54, 1.807) is 42.3 Å². The van der Waals surface area contributed by atoms with Crippen molar-refractivity contribution in [2.75, 3.05) is 53.1 Å². The fourth-order valence-electron chi connectivity index (χ4n) is 5.83. The molecule has 1 unspecified atom stereocenters. The van der Waals surface area contributed by atoms with Crippen molar-refractivity contribution < 1.29 is 33.6 Å². The molecular formula is C37H44N2O7. The number of amides is 1. The number of Topliss-reactive ketones (excluding diaryl/α,β-unsaturated/α-hetero) is 1. The van der Waals surface area contributed by atoms with Gasteiger partial charge in [0.05, 0.1) is 38.5 Å². The molecule has 5 rings (SSSR count). The molecule has 2 saturated heterocycles. The van der Waals surface area contributed by atoms with Crippen LogP contribution in [0.15, 0.2) is 72.3 Å². The van der Waals surface area contributed by atoms with Crippen LogP contribution in [0.2, 0.25) is 0 Å². The first kappa shape index (κ1) is 33.0. The smallest absolute Gasteiger partial charge is 0.295 e. The maximum Gasteiger partial charge on any atom is 0.295 e. The quantitative estimate of drug-likeness (QED) is 0.145. The van der Waals surface area contributed by atoms with Crippen molar-refractivity contribution in [3.05, 3.63) is 94.6 Å². The molecule has 0 saturated carbocycles. The van der Waals surface area contributed by atoms with Crippen LogP contribution in [0.25, 0.3) is 5.76 Å². The van der Waals surface area contributed by atoms with Crippen LogP contribution >= 0.6 is 0 Å². The topological polar surface area (TPSA) is 97.8 Å². The number of ether oxygens (including phenoxy) is 4. The summed E-state index contributed by atoms with van der Waals surface area (Å²) in [6, 6.07) is 19.7. The first-order valence-electron chi connectivity index (χ1n) is 15.9. The zero-order valence-electron chi connectivity index (χ0n) is 27.2. The Balaban J connectivity index is 1.48. The van der Waals surface area contributed by atoms with Crippen molar-refractivity contribution in [3.63, 3.8) is 0 Å². The number of ketones is 1. The minimum absolute atomic E-state index is 0.0478. The summed E-state index contributed by atoms with van der Waals surface area (Å²) in [5.41, 5.74) is 2.97. The van der Waals surface area contributed by atoms with Crippen LogP contribution in [-0.2, 0) is 20.9 Å². The number of likely N-dealkylation sites (tertiary alicyclic amines) is 1.